The maximum atomic E-state index is 2.63. The van der Waals surface area contributed by atoms with Gasteiger partial charge in [-0.15, -0.1) is 0 Å². The largest absolute Gasteiger partial charge is 0.0714 e. The van der Waals surface area contributed by atoms with Crippen LogP contribution in [-0.2, 0) is 48.7 Å². The summed E-state index contributed by atoms with van der Waals surface area (Å²) in [6, 6.07) is 158. The standard InChI is InChI=1S/C141H138/c1-133(2,3)116-57-41-91(42-58-116)100-73-101(92-43-59-117(60-44-92)134(4,5)6)78-108(77-100)112-85-113(109-79-102(93-45-61-118(62-46-93)135(7,8)9)74-103(80-109)94-47-63-119(64-48-94)136(10,11)12)88-124(87-112)141(130-39-31-30-37-129(130)132-128(38-32-40-131(132)141)127-36-29-28-35-126(127)99-33-26-25-27-34-99)125-89-114(110-81-104(95-49-65-120(66-50-95)137(13,14)15)75-105(82-110)96-51-67-121(68-52-96)138(16,17)18)86-115(90-125)111-83-106(97-53-69-122(70-54-97)139(19,20)21)76-107(84-111)98-55-71-123(72-56-98)140(22,23)24/h25-90H,1-24H3. The fourth-order valence-electron chi connectivity index (χ4n) is 21.1. The Balaban J connectivity index is 0.991. The molecule has 18 aromatic carbocycles. The third-order valence-corrected chi connectivity index (χ3v) is 29.8. The van der Waals surface area contributed by atoms with E-state index in [-0.39, 0.29) is 43.3 Å². The fourth-order valence-corrected chi connectivity index (χ4v) is 21.1. The van der Waals surface area contributed by atoms with Crippen LogP contribution in [0, 0.1) is 0 Å². The number of hydrogen-bond donors (Lipinski definition) is 0. The normalized spacial score (nSPS) is 13.0. The van der Waals surface area contributed by atoms with E-state index in [0.29, 0.717) is 0 Å². The molecular weight excluding hydrogens is 1690 g/mol. The summed E-state index contributed by atoms with van der Waals surface area (Å²) in [6.07, 6.45) is 0. The molecule has 0 atom stereocenters. The number of fused-ring (bicyclic) bond motifs is 3. The summed E-state index contributed by atoms with van der Waals surface area (Å²) in [7, 11) is 0. The molecule has 0 amide bonds. The molecule has 0 saturated carbocycles. The minimum absolute atomic E-state index is 0.0461. The monoisotopic (exact) mass is 1830 g/mol. The van der Waals surface area contributed by atoms with Gasteiger partial charge in [-0.2, -0.15) is 0 Å². The first-order valence-electron chi connectivity index (χ1n) is 51.0. The highest BCUT2D eigenvalue weighted by atomic mass is 14.5. The molecule has 0 radical (unpaired) electrons. The lowest BCUT2D eigenvalue weighted by atomic mass is 9.65. The lowest BCUT2D eigenvalue weighted by molar-refractivity contribution is 0.590. The molecule has 0 heterocycles. The zero-order valence-electron chi connectivity index (χ0n) is 87.6. The molecule has 0 aliphatic heterocycles. The van der Waals surface area contributed by atoms with Crippen molar-refractivity contribution in [3.8, 4) is 167 Å². The molecule has 18 aromatic rings. The van der Waals surface area contributed by atoms with Crippen LogP contribution in [0.2, 0.25) is 0 Å². The van der Waals surface area contributed by atoms with Crippen molar-refractivity contribution in [1.82, 2.24) is 0 Å². The van der Waals surface area contributed by atoms with E-state index >= 15 is 0 Å². The van der Waals surface area contributed by atoms with Gasteiger partial charge in [0.25, 0.3) is 0 Å². The Hall–Kier alpha value is -14.0. The average molecular weight is 1830 g/mol. The summed E-state index contributed by atoms with van der Waals surface area (Å²) in [6.45, 7) is 55.6. The lowest BCUT2D eigenvalue weighted by Crippen LogP contribution is -2.29. The molecule has 1 aliphatic rings. The molecule has 0 spiro atoms. The summed E-state index contributed by atoms with van der Waals surface area (Å²) in [4.78, 5) is 0. The molecule has 0 fully saturated rings. The Morgan fingerprint density at radius 2 is 0.291 bits per heavy atom. The van der Waals surface area contributed by atoms with E-state index in [1.165, 1.54) is 89.0 Å². The number of hydrogen-bond acceptors (Lipinski definition) is 0. The van der Waals surface area contributed by atoms with E-state index in [4.69, 9.17) is 0 Å². The Morgan fingerprint density at radius 1 is 0.121 bits per heavy atom. The van der Waals surface area contributed by atoms with Gasteiger partial charge in [-0.1, -0.05) is 457 Å². The molecule has 0 unspecified atom stereocenters. The van der Waals surface area contributed by atoms with Crippen LogP contribution in [0.4, 0.5) is 0 Å². The first kappa shape index (κ1) is 95.9. The van der Waals surface area contributed by atoms with Crippen molar-refractivity contribution in [3.63, 3.8) is 0 Å². The van der Waals surface area contributed by atoms with Crippen LogP contribution >= 0.6 is 0 Å². The van der Waals surface area contributed by atoms with Gasteiger partial charge < -0.3 is 0 Å². The van der Waals surface area contributed by atoms with E-state index in [1.54, 1.807) is 0 Å². The van der Waals surface area contributed by atoms with E-state index in [2.05, 4.69) is 567 Å². The molecule has 0 bridgehead atoms. The smallest absolute Gasteiger partial charge is 0.0622 e. The summed E-state index contributed by atoms with van der Waals surface area (Å²) in [5.74, 6) is 0. The van der Waals surface area contributed by atoms with Crippen LogP contribution in [0.15, 0.2) is 400 Å². The van der Waals surface area contributed by atoms with Crippen molar-refractivity contribution in [2.75, 3.05) is 0 Å². The molecule has 19 rings (SSSR count). The van der Waals surface area contributed by atoms with Crippen molar-refractivity contribution in [2.24, 2.45) is 0 Å². The van der Waals surface area contributed by atoms with Gasteiger partial charge in [-0.3, -0.25) is 0 Å². The first-order chi connectivity index (χ1) is 66.8. The van der Waals surface area contributed by atoms with Gasteiger partial charge in [-0.05, 0) is 386 Å². The molecule has 0 N–H and O–H groups in total. The Bertz CT molecular complexity index is 6640. The van der Waals surface area contributed by atoms with Crippen LogP contribution in [0.1, 0.15) is 233 Å². The third-order valence-electron chi connectivity index (χ3n) is 29.8. The maximum absolute atomic E-state index is 2.63. The van der Waals surface area contributed by atoms with Crippen molar-refractivity contribution in [2.45, 2.75) is 215 Å². The predicted molar refractivity (Wildman–Crippen MR) is 609 cm³/mol. The second-order valence-corrected chi connectivity index (χ2v) is 48.3. The summed E-state index contributed by atoms with van der Waals surface area (Å²) in [5.41, 5.74) is 48.1. The van der Waals surface area contributed by atoms with Gasteiger partial charge >= 0.3 is 0 Å². The van der Waals surface area contributed by atoms with Crippen LogP contribution < -0.4 is 0 Å². The van der Waals surface area contributed by atoms with Crippen LogP contribution in [-0.4, -0.2) is 0 Å². The minimum atomic E-state index is -1.10. The van der Waals surface area contributed by atoms with Gasteiger partial charge in [0.1, 0.15) is 0 Å². The van der Waals surface area contributed by atoms with E-state index in [9.17, 15) is 0 Å². The second-order valence-electron chi connectivity index (χ2n) is 48.3. The maximum Gasteiger partial charge on any atom is 0.0714 e. The summed E-state index contributed by atoms with van der Waals surface area (Å²) < 4.78 is 0. The van der Waals surface area contributed by atoms with Crippen LogP contribution in [0.5, 0.6) is 0 Å². The molecule has 702 valence electrons. The number of rotatable bonds is 16. The minimum Gasteiger partial charge on any atom is -0.0622 e. The zero-order chi connectivity index (χ0) is 99.4. The van der Waals surface area contributed by atoms with E-state index in [1.807, 2.05) is 0 Å². The van der Waals surface area contributed by atoms with Gasteiger partial charge in [0.05, 0.1) is 5.41 Å². The lowest BCUT2D eigenvalue weighted by Gasteiger charge is -2.36. The highest BCUT2D eigenvalue weighted by Gasteiger charge is 2.48. The Kier molecular flexibility index (Phi) is 24.9. The van der Waals surface area contributed by atoms with Crippen molar-refractivity contribution in [1.29, 1.82) is 0 Å². The SMILES string of the molecule is CC(C)(C)c1ccc(-c2cc(-c3ccc(C(C)(C)C)cc3)cc(-c3cc(-c4cc(-c5ccc(C(C)(C)C)cc5)cc(-c5ccc(C(C)(C)C)cc5)c4)cc(C4(c5cc(-c6cc(-c7ccc(C(C)(C)C)cc7)cc(-c7ccc(C(C)(C)C)cc7)c6)cc(-c6cc(-c7ccc(C(C)(C)C)cc7)cc(-c7ccc(C(C)(C)C)cc7)c6)c5)c5ccccc5-c5c(-c6ccccc6-c6ccccc6)cccc54)c3)c2)cc1. The first-order valence-corrected chi connectivity index (χ1v) is 51.0. The summed E-state index contributed by atoms with van der Waals surface area (Å²) in [5, 5.41) is 0. The molecule has 1 aliphatic carbocycles. The highest BCUT2D eigenvalue weighted by Crippen LogP contribution is 2.61. The third kappa shape index (κ3) is 19.6. The van der Waals surface area contributed by atoms with Crippen LogP contribution in [0.3, 0.4) is 0 Å². The fraction of sp³-hybridized carbons (Fsp3) is 0.234. The molecule has 0 saturated heterocycles. The zero-order valence-corrected chi connectivity index (χ0v) is 87.6. The molecule has 0 heteroatoms. The number of benzene rings is 18. The van der Waals surface area contributed by atoms with E-state index < -0.39 is 5.41 Å². The average Bonchev–Trinajstić information content (AvgIpc) is 1.52. The second kappa shape index (κ2) is 36.6. The summed E-state index contributed by atoms with van der Waals surface area (Å²) >= 11 is 0. The van der Waals surface area contributed by atoms with Crippen molar-refractivity contribution >= 4 is 0 Å². The molecule has 141 heavy (non-hydrogen) atoms. The van der Waals surface area contributed by atoms with Gasteiger partial charge in [0, 0.05) is 0 Å². The molecule has 0 nitrogen and oxygen atoms in total. The van der Waals surface area contributed by atoms with Gasteiger partial charge in [0.2, 0.25) is 0 Å². The van der Waals surface area contributed by atoms with Gasteiger partial charge in [0.15, 0.2) is 0 Å². The van der Waals surface area contributed by atoms with Gasteiger partial charge in [-0.25, -0.2) is 0 Å². The quantitative estimate of drug-likeness (QED) is 0.0904. The van der Waals surface area contributed by atoms with E-state index in [0.717, 1.165) is 145 Å². The topological polar surface area (TPSA) is 0 Å². The Morgan fingerprint density at radius 3 is 0.511 bits per heavy atom. The Labute approximate surface area is 842 Å². The van der Waals surface area contributed by atoms with Crippen molar-refractivity contribution in [3.05, 3.63) is 467 Å². The molecule has 0 aromatic heterocycles. The molecular formula is C141H138. The highest BCUT2D eigenvalue weighted by molar-refractivity contribution is 6.01. The predicted octanol–water partition coefficient (Wildman–Crippen LogP) is 39.8. The van der Waals surface area contributed by atoms with Crippen molar-refractivity contribution < 1.29 is 0 Å². The van der Waals surface area contributed by atoms with Crippen LogP contribution in [0.25, 0.3) is 167 Å².